The van der Waals surface area contributed by atoms with Crippen LogP contribution in [0.3, 0.4) is 0 Å². The third-order valence-corrected chi connectivity index (χ3v) is 2.88. The Balaban J connectivity index is -0.0000000559. The molecule has 0 saturated heterocycles. The molecule has 2 heterocycles. The highest BCUT2D eigenvalue weighted by atomic mass is 15.1. The van der Waals surface area contributed by atoms with E-state index >= 15 is 0 Å². The zero-order chi connectivity index (χ0) is 19.0. The molecule has 0 aromatic carbocycles. The average Bonchev–Trinajstić information content (AvgIpc) is 2.99. The van der Waals surface area contributed by atoms with Gasteiger partial charge in [-0.05, 0) is 34.1 Å². The van der Waals surface area contributed by atoms with Crippen LogP contribution in [0.25, 0.3) is 0 Å². The van der Waals surface area contributed by atoms with Gasteiger partial charge >= 0.3 is 0 Å². The van der Waals surface area contributed by atoms with Crippen LogP contribution >= 0.6 is 0 Å². The lowest BCUT2D eigenvalue weighted by molar-refractivity contribution is 0.617. The second kappa shape index (κ2) is 27.1. The van der Waals surface area contributed by atoms with Gasteiger partial charge in [0.2, 0.25) is 0 Å². The number of rotatable bonds is 0. The van der Waals surface area contributed by atoms with Gasteiger partial charge < -0.3 is 21.3 Å². The minimum Gasteiger partial charge on any atom is -0.388 e. The molecule has 0 unspecified atom stereocenters. The Morgan fingerprint density at radius 1 is 0.964 bits per heavy atom. The summed E-state index contributed by atoms with van der Waals surface area (Å²) in [6.45, 7) is 11.6. The molecule has 0 radical (unpaired) electrons. The van der Waals surface area contributed by atoms with Gasteiger partial charge in [0.1, 0.15) is 0 Å². The van der Waals surface area contributed by atoms with Crippen molar-refractivity contribution in [1.29, 1.82) is 5.41 Å². The number of hydrogen-bond donors (Lipinski definition) is 4. The molecule has 2 aliphatic heterocycles. The Morgan fingerprint density at radius 2 is 1.36 bits per heavy atom. The molecular weight excluding hydrogens is 352 g/mol. The van der Waals surface area contributed by atoms with E-state index in [1.807, 2.05) is 39.8 Å². The second-order valence-electron chi connectivity index (χ2n) is 5.49. The highest BCUT2D eigenvalue weighted by molar-refractivity contribution is 5.80. The monoisotopic (exact) mass is 404 g/mol. The standard InChI is InChI=1S/C5H10N2.C5H12N2.C4H8N2.C2H6N2.4CH4/c1-5-6-3-2-4-7-5;1-5(6-2)7(3)4;1-4-5-2-3-6-4;1-2(3)4;;;;/h2-4H2,1H3,(H,6,7);1-4H3;2-3H2,1H3,(H,5,6);1H3,(H3,3,4);4*1H4. The first-order chi connectivity index (χ1) is 11.2. The van der Waals surface area contributed by atoms with Crippen molar-refractivity contribution in [1.82, 2.24) is 15.5 Å². The third-order valence-electron chi connectivity index (χ3n) is 2.88. The largest absolute Gasteiger partial charge is 0.388 e. The van der Waals surface area contributed by atoms with E-state index in [1.165, 1.54) is 13.3 Å². The first kappa shape index (κ1) is 40.5. The Labute approximate surface area is 176 Å². The molecule has 8 heteroatoms. The van der Waals surface area contributed by atoms with Crippen LogP contribution in [0.5, 0.6) is 0 Å². The Kier molecular flexibility index (Phi) is 39.2. The number of hydrogen-bond acceptors (Lipinski definition) is 6. The molecule has 0 aliphatic carbocycles. The predicted octanol–water partition coefficient (Wildman–Crippen LogP) is 3.49. The molecule has 28 heavy (non-hydrogen) atoms. The first-order valence-corrected chi connectivity index (χ1v) is 8.11. The van der Waals surface area contributed by atoms with Crippen LogP contribution in [0.2, 0.25) is 0 Å². The summed E-state index contributed by atoms with van der Waals surface area (Å²) in [5.74, 6) is 3.39. The van der Waals surface area contributed by atoms with Crippen molar-refractivity contribution < 1.29 is 0 Å². The Bertz CT molecular complexity index is 422. The SMILES string of the molecule is C.C.C.C.CC(=N)N.CC1=NCCCN1.CC1=NCCN1.CN=C(C)N(C)C. The van der Waals surface area contributed by atoms with E-state index in [2.05, 4.69) is 25.6 Å². The van der Waals surface area contributed by atoms with E-state index in [0.29, 0.717) is 0 Å². The molecule has 0 amide bonds. The molecule has 0 aromatic heterocycles. The number of aliphatic imine (C=N–C) groups is 3. The maximum Gasteiger partial charge on any atom is 0.0948 e. The van der Waals surface area contributed by atoms with Crippen LogP contribution in [0.1, 0.15) is 63.8 Å². The van der Waals surface area contributed by atoms with E-state index in [4.69, 9.17) is 11.1 Å². The molecule has 0 spiro atoms. The summed E-state index contributed by atoms with van der Waals surface area (Å²) in [4.78, 5) is 14.1. The molecule has 2 rings (SSSR count). The highest BCUT2D eigenvalue weighted by Gasteiger charge is 1.94. The fourth-order valence-corrected chi connectivity index (χ4v) is 1.37. The summed E-state index contributed by atoms with van der Waals surface area (Å²) >= 11 is 0. The second-order valence-corrected chi connectivity index (χ2v) is 5.49. The van der Waals surface area contributed by atoms with Crippen molar-refractivity contribution in [2.75, 3.05) is 47.3 Å². The van der Waals surface area contributed by atoms with Gasteiger partial charge in [-0.1, -0.05) is 29.7 Å². The topological polar surface area (TPSA) is 114 Å². The van der Waals surface area contributed by atoms with Crippen molar-refractivity contribution in [3.8, 4) is 0 Å². The molecule has 0 fully saturated rings. The fourth-order valence-electron chi connectivity index (χ4n) is 1.37. The van der Waals surface area contributed by atoms with E-state index in [9.17, 15) is 0 Å². The van der Waals surface area contributed by atoms with Crippen LogP contribution in [-0.2, 0) is 0 Å². The smallest absolute Gasteiger partial charge is 0.0948 e. The molecule has 0 atom stereocenters. The predicted molar refractivity (Wildman–Crippen MR) is 134 cm³/mol. The third kappa shape index (κ3) is 35.1. The zero-order valence-electron chi connectivity index (χ0n) is 16.4. The quantitative estimate of drug-likeness (QED) is 0.365. The first-order valence-electron chi connectivity index (χ1n) is 8.11. The zero-order valence-corrected chi connectivity index (χ0v) is 16.4. The lowest BCUT2D eigenvalue weighted by Crippen LogP contribution is -2.26. The minimum atomic E-state index is 0. The van der Waals surface area contributed by atoms with E-state index in [-0.39, 0.29) is 35.5 Å². The minimum absolute atomic E-state index is 0. The van der Waals surface area contributed by atoms with Crippen LogP contribution in [-0.4, -0.2) is 75.6 Å². The summed E-state index contributed by atoms with van der Waals surface area (Å²) < 4.78 is 0. The van der Waals surface area contributed by atoms with Gasteiger partial charge in [0.15, 0.2) is 0 Å². The van der Waals surface area contributed by atoms with Gasteiger partial charge in [-0.25, -0.2) is 0 Å². The maximum atomic E-state index is 6.28. The molecule has 0 bridgehead atoms. The lowest BCUT2D eigenvalue weighted by atomic mass is 10.4. The summed E-state index contributed by atoms with van der Waals surface area (Å²) in [7, 11) is 5.74. The molecule has 5 N–H and O–H groups in total. The van der Waals surface area contributed by atoms with Gasteiger partial charge in [0, 0.05) is 40.8 Å². The van der Waals surface area contributed by atoms with Crippen LogP contribution in [0.4, 0.5) is 0 Å². The fraction of sp³-hybridized carbons (Fsp3) is 0.800. The maximum absolute atomic E-state index is 6.28. The molecule has 0 saturated carbocycles. The number of nitrogens with zero attached hydrogens (tertiary/aromatic N) is 4. The Morgan fingerprint density at radius 3 is 1.46 bits per heavy atom. The van der Waals surface area contributed by atoms with Crippen LogP contribution in [0, 0.1) is 5.41 Å². The van der Waals surface area contributed by atoms with E-state index < -0.39 is 0 Å². The van der Waals surface area contributed by atoms with Gasteiger partial charge in [-0.2, -0.15) is 0 Å². The number of nitrogens with two attached hydrogens (primary N) is 1. The van der Waals surface area contributed by atoms with E-state index in [1.54, 1.807) is 7.05 Å². The summed E-state index contributed by atoms with van der Waals surface area (Å²) in [5, 5.41) is 12.5. The van der Waals surface area contributed by atoms with Crippen molar-refractivity contribution in [2.45, 2.75) is 63.8 Å². The summed E-state index contributed by atoms with van der Waals surface area (Å²) in [6, 6.07) is 0. The van der Waals surface area contributed by atoms with Crippen molar-refractivity contribution >= 4 is 23.3 Å². The molecular formula is C20H52N8. The van der Waals surface area contributed by atoms with Crippen molar-refractivity contribution in [3.05, 3.63) is 0 Å². The van der Waals surface area contributed by atoms with Crippen LogP contribution < -0.4 is 16.4 Å². The number of amidine groups is 4. The van der Waals surface area contributed by atoms with Gasteiger partial charge in [0.05, 0.1) is 29.9 Å². The average molecular weight is 405 g/mol. The normalized spacial score (nSPS) is 13.2. The molecule has 8 nitrogen and oxygen atoms in total. The summed E-state index contributed by atoms with van der Waals surface area (Å²) in [6.07, 6.45) is 1.19. The van der Waals surface area contributed by atoms with Crippen LogP contribution in [0.15, 0.2) is 15.0 Å². The van der Waals surface area contributed by atoms with Crippen molar-refractivity contribution in [2.24, 2.45) is 20.7 Å². The van der Waals surface area contributed by atoms with Gasteiger partial charge in [-0.15, -0.1) is 0 Å². The molecule has 2 aliphatic rings. The summed E-state index contributed by atoms with van der Waals surface area (Å²) in [5.41, 5.74) is 4.69. The van der Waals surface area contributed by atoms with Crippen molar-refractivity contribution in [3.63, 3.8) is 0 Å². The molecule has 0 aromatic rings. The van der Waals surface area contributed by atoms with E-state index in [0.717, 1.165) is 43.7 Å². The molecule has 172 valence electrons. The van der Waals surface area contributed by atoms with Gasteiger partial charge in [-0.3, -0.25) is 20.4 Å². The highest BCUT2D eigenvalue weighted by Crippen LogP contribution is 1.86. The van der Waals surface area contributed by atoms with Gasteiger partial charge in [0.25, 0.3) is 0 Å². The number of nitrogens with one attached hydrogen (secondary N) is 3. The Hall–Kier alpha value is -2.12. The lowest BCUT2D eigenvalue weighted by Gasteiger charge is -2.08.